The lowest BCUT2D eigenvalue weighted by Crippen LogP contribution is -2.66. The molecule has 4 nitrogen and oxygen atoms in total. The second-order valence-corrected chi connectivity index (χ2v) is 7.74. The first-order valence-electron chi connectivity index (χ1n) is 9.43. The van der Waals surface area contributed by atoms with E-state index < -0.39 is 6.29 Å². The predicted molar refractivity (Wildman–Crippen MR) is 96.0 cm³/mol. The molecule has 136 valence electrons. The number of piperazine rings is 3. The summed E-state index contributed by atoms with van der Waals surface area (Å²) in [5.74, 6) is 0.630. The number of quaternary nitrogens is 1. The van der Waals surface area contributed by atoms with Crippen LogP contribution in [-0.2, 0) is 17.9 Å². The molecule has 4 aliphatic heterocycles. The fraction of sp³-hybridized carbons (Fsp3) is 0.429. The van der Waals surface area contributed by atoms with Gasteiger partial charge >= 0.3 is 0 Å². The van der Waals surface area contributed by atoms with E-state index in [-0.39, 0.29) is 5.82 Å². The molecule has 1 atom stereocenters. The maximum absolute atomic E-state index is 14.2. The number of ether oxygens (including phenoxy) is 2. The van der Waals surface area contributed by atoms with Crippen LogP contribution in [0.5, 0.6) is 5.75 Å². The van der Waals surface area contributed by atoms with Crippen LogP contribution in [0.25, 0.3) is 0 Å². The van der Waals surface area contributed by atoms with E-state index in [0.29, 0.717) is 6.61 Å². The number of halogens is 1. The number of hydrogen-bond donors (Lipinski definition) is 0. The summed E-state index contributed by atoms with van der Waals surface area (Å²) in [6.07, 6.45) is -0.425. The zero-order valence-corrected chi connectivity index (χ0v) is 14.9. The van der Waals surface area contributed by atoms with E-state index in [0.717, 1.165) is 72.7 Å². The van der Waals surface area contributed by atoms with Gasteiger partial charge in [-0.2, -0.15) is 0 Å². The highest BCUT2D eigenvalue weighted by molar-refractivity contribution is 5.43. The van der Waals surface area contributed by atoms with E-state index >= 15 is 0 Å². The molecule has 0 aromatic heterocycles. The van der Waals surface area contributed by atoms with Crippen LogP contribution in [0.3, 0.4) is 0 Å². The topological polar surface area (TPSA) is 21.7 Å². The molecule has 0 aliphatic carbocycles. The molecule has 5 heteroatoms. The second kappa shape index (κ2) is 6.34. The lowest BCUT2D eigenvalue weighted by Gasteiger charge is -2.50. The Morgan fingerprint density at radius 1 is 1.04 bits per heavy atom. The average molecular weight is 355 g/mol. The van der Waals surface area contributed by atoms with Crippen LogP contribution in [0.1, 0.15) is 23.0 Å². The summed E-state index contributed by atoms with van der Waals surface area (Å²) in [5, 5.41) is 0. The summed E-state index contributed by atoms with van der Waals surface area (Å²) in [6.45, 7) is 8.09. The number of rotatable bonds is 3. The molecule has 0 N–H and O–H groups in total. The molecule has 0 unspecified atom stereocenters. The van der Waals surface area contributed by atoms with Gasteiger partial charge in [-0.25, -0.2) is 4.39 Å². The van der Waals surface area contributed by atoms with Gasteiger partial charge < -0.3 is 14.0 Å². The van der Waals surface area contributed by atoms with Crippen LogP contribution in [0, 0.1) is 5.82 Å². The first-order valence-corrected chi connectivity index (χ1v) is 9.43. The summed E-state index contributed by atoms with van der Waals surface area (Å²) in [5.41, 5.74) is 2.80. The minimum Gasteiger partial charge on any atom is -0.460 e. The number of nitrogens with zero attached hydrogens (tertiary/aromatic N) is 2. The van der Waals surface area contributed by atoms with Crippen LogP contribution in [0.4, 0.5) is 4.39 Å². The van der Waals surface area contributed by atoms with Gasteiger partial charge in [0, 0.05) is 30.8 Å². The standard InChI is InChI=1S/C21H24FN2O2/c22-19-12-17(14-24-9-6-23(7-10-24)8-11-24)20-18(13-19)15-25-21(26-20)16-4-2-1-3-5-16/h1-5,12-13,21H,6-11,14-15H2/q+1/t21-/m1/s1. The van der Waals surface area contributed by atoms with Crippen LogP contribution >= 0.6 is 0 Å². The van der Waals surface area contributed by atoms with Gasteiger partial charge in [0.25, 0.3) is 0 Å². The zero-order chi connectivity index (χ0) is 17.6. The first-order chi connectivity index (χ1) is 12.7. The molecule has 0 amide bonds. The SMILES string of the molecule is Fc1cc2c(c(C[N+]34CCN(CC3)CC4)c1)O[C@H](c1ccccc1)OC2. The summed E-state index contributed by atoms with van der Waals surface area (Å²) in [6, 6.07) is 13.2. The van der Waals surface area contributed by atoms with Crippen molar-refractivity contribution in [3.8, 4) is 5.75 Å². The zero-order valence-electron chi connectivity index (χ0n) is 14.9. The quantitative estimate of drug-likeness (QED) is 0.790. The van der Waals surface area contributed by atoms with Gasteiger partial charge in [-0.15, -0.1) is 0 Å². The third-order valence-corrected chi connectivity index (χ3v) is 6.07. The highest BCUT2D eigenvalue weighted by atomic mass is 19.1. The normalized spacial score (nSPS) is 29.9. The van der Waals surface area contributed by atoms with Crippen molar-refractivity contribution in [2.24, 2.45) is 0 Å². The third kappa shape index (κ3) is 2.90. The van der Waals surface area contributed by atoms with Crippen molar-refractivity contribution in [3.05, 3.63) is 65.0 Å². The molecule has 2 aromatic carbocycles. The van der Waals surface area contributed by atoms with E-state index in [1.807, 2.05) is 30.3 Å². The molecular formula is C21H24FN2O2+. The molecule has 2 aromatic rings. The Bertz CT molecular complexity index is 789. The molecule has 0 spiro atoms. The van der Waals surface area contributed by atoms with Crippen molar-refractivity contribution in [2.75, 3.05) is 39.3 Å². The van der Waals surface area contributed by atoms with Crippen molar-refractivity contribution in [1.82, 2.24) is 4.90 Å². The van der Waals surface area contributed by atoms with Gasteiger partial charge in [-0.3, -0.25) is 4.90 Å². The molecule has 0 saturated carbocycles. The Balaban J connectivity index is 1.46. The summed E-state index contributed by atoms with van der Waals surface area (Å²) < 4.78 is 27.4. The monoisotopic (exact) mass is 355 g/mol. The van der Waals surface area contributed by atoms with Crippen molar-refractivity contribution in [3.63, 3.8) is 0 Å². The van der Waals surface area contributed by atoms with Gasteiger partial charge in [-0.05, 0) is 12.1 Å². The van der Waals surface area contributed by atoms with Crippen molar-refractivity contribution in [2.45, 2.75) is 19.4 Å². The van der Waals surface area contributed by atoms with Crippen LogP contribution in [0.2, 0.25) is 0 Å². The van der Waals surface area contributed by atoms with E-state index in [2.05, 4.69) is 4.90 Å². The first kappa shape index (κ1) is 16.2. The van der Waals surface area contributed by atoms with Crippen LogP contribution < -0.4 is 4.74 Å². The van der Waals surface area contributed by atoms with Gasteiger partial charge in [0.2, 0.25) is 6.29 Å². The lowest BCUT2D eigenvalue weighted by molar-refractivity contribution is -0.953. The highest BCUT2D eigenvalue weighted by Crippen LogP contribution is 2.38. The van der Waals surface area contributed by atoms with E-state index in [4.69, 9.17) is 9.47 Å². The van der Waals surface area contributed by atoms with Gasteiger partial charge in [0.05, 0.1) is 31.8 Å². The molecule has 6 rings (SSSR count). The Kier molecular flexibility index (Phi) is 3.96. The maximum atomic E-state index is 14.2. The Morgan fingerprint density at radius 2 is 1.77 bits per heavy atom. The fourth-order valence-corrected chi connectivity index (χ4v) is 4.50. The third-order valence-electron chi connectivity index (χ3n) is 6.07. The van der Waals surface area contributed by atoms with Gasteiger partial charge in [-0.1, -0.05) is 30.3 Å². The van der Waals surface area contributed by atoms with E-state index in [1.54, 1.807) is 12.1 Å². The smallest absolute Gasteiger partial charge is 0.227 e. The van der Waals surface area contributed by atoms with Crippen molar-refractivity contribution in [1.29, 1.82) is 0 Å². The number of hydrogen-bond acceptors (Lipinski definition) is 3. The van der Waals surface area contributed by atoms with Gasteiger partial charge in [0.15, 0.2) is 0 Å². The predicted octanol–water partition coefficient (Wildman–Crippen LogP) is 3.08. The Hall–Kier alpha value is -1.95. The number of fused-ring (bicyclic) bond motifs is 4. The lowest BCUT2D eigenvalue weighted by atomic mass is 10.0. The fourth-order valence-electron chi connectivity index (χ4n) is 4.50. The van der Waals surface area contributed by atoms with Crippen LogP contribution in [0.15, 0.2) is 42.5 Å². The minimum atomic E-state index is -0.425. The molecule has 26 heavy (non-hydrogen) atoms. The molecule has 3 saturated heterocycles. The summed E-state index contributed by atoms with van der Waals surface area (Å²) >= 11 is 0. The maximum Gasteiger partial charge on any atom is 0.227 e. The molecule has 3 fully saturated rings. The van der Waals surface area contributed by atoms with Crippen molar-refractivity contribution >= 4 is 0 Å². The molecule has 0 radical (unpaired) electrons. The average Bonchev–Trinajstić information content (AvgIpc) is 2.69. The molecular weight excluding hydrogens is 331 g/mol. The summed E-state index contributed by atoms with van der Waals surface area (Å²) in [7, 11) is 0. The molecule has 4 aliphatic rings. The minimum absolute atomic E-state index is 0.196. The van der Waals surface area contributed by atoms with Crippen LogP contribution in [-0.4, -0.2) is 48.7 Å². The molecule has 2 bridgehead atoms. The highest BCUT2D eigenvalue weighted by Gasteiger charge is 2.39. The van der Waals surface area contributed by atoms with Crippen molar-refractivity contribution < 1.29 is 18.3 Å². The number of benzene rings is 2. The summed E-state index contributed by atoms with van der Waals surface area (Å²) in [4.78, 5) is 2.52. The largest absolute Gasteiger partial charge is 0.460 e. The van der Waals surface area contributed by atoms with E-state index in [1.165, 1.54) is 0 Å². The molecule has 4 heterocycles. The van der Waals surface area contributed by atoms with Gasteiger partial charge in [0.1, 0.15) is 18.1 Å². The van der Waals surface area contributed by atoms with E-state index in [9.17, 15) is 4.39 Å². The Morgan fingerprint density at radius 3 is 2.50 bits per heavy atom. The second-order valence-electron chi connectivity index (χ2n) is 7.74. The Labute approximate surface area is 153 Å².